The highest BCUT2D eigenvalue weighted by atomic mass is 16.6. The lowest BCUT2D eigenvalue weighted by molar-refractivity contribution is -0.222. The fraction of sp³-hybridized carbons (Fsp3) is 0.438. The van der Waals surface area contributed by atoms with Crippen molar-refractivity contribution in [3.63, 3.8) is 0 Å². The molecule has 202 valence electrons. The monoisotopic (exact) mass is 526 g/mol. The summed E-state index contributed by atoms with van der Waals surface area (Å²) in [5.74, 6) is 6.65. The maximum absolute atomic E-state index is 13.4. The minimum atomic E-state index is -0.786. The SMILES string of the molecule is C=CCN1CC[C@]23c4c5ccc(OC)c4O[C@H]2[C@@H](N(C)C(=O)C#Cc2ccccc2)CC[C@@]3(OC(C)=O)[C@H]1C5. The Hall–Kier alpha value is -3.76. The fourth-order valence-electron chi connectivity index (χ4n) is 7.86. The van der Waals surface area contributed by atoms with Crippen LogP contribution in [-0.2, 0) is 26.2 Å². The Bertz CT molecular complexity index is 1390. The van der Waals surface area contributed by atoms with Crippen LogP contribution in [0.1, 0.15) is 42.9 Å². The second-order valence-corrected chi connectivity index (χ2v) is 11.0. The molecule has 5 atom stereocenters. The smallest absolute Gasteiger partial charge is 0.303 e. The Balaban J connectivity index is 1.47. The predicted molar refractivity (Wildman–Crippen MR) is 147 cm³/mol. The number of hydrogen-bond donors (Lipinski definition) is 0. The van der Waals surface area contributed by atoms with Crippen molar-refractivity contribution in [2.75, 3.05) is 27.2 Å². The highest BCUT2D eigenvalue weighted by Crippen LogP contribution is 2.67. The van der Waals surface area contributed by atoms with E-state index in [1.54, 1.807) is 19.1 Å². The Morgan fingerprint density at radius 1 is 1.23 bits per heavy atom. The van der Waals surface area contributed by atoms with Crippen molar-refractivity contribution in [1.82, 2.24) is 9.80 Å². The van der Waals surface area contributed by atoms with Crippen molar-refractivity contribution in [3.05, 3.63) is 71.8 Å². The molecule has 2 bridgehead atoms. The average Bonchev–Trinajstić information content (AvgIpc) is 3.28. The number of carbonyl (C=O) groups is 2. The molecule has 2 aliphatic carbocycles. The number of amides is 1. The first-order valence-corrected chi connectivity index (χ1v) is 13.6. The number of carbonyl (C=O) groups excluding carboxylic acids is 2. The fourth-order valence-corrected chi connectivity index (χ4v) is 7.86. The van der Waals surface area contributed by atoms with Gasteiger partial charge in [0.1, 0.15) is 11.7 Å². The molecule has 0 unspecified atom stereocenters. The van der Waals surface area contributed by atoms with Crippen LogP contribution in [0.25, 0.3) is 0 Å². The molecule has 1 saturated carbocycles. The van der Waals surface area contributed by atoms with E-state index in [0.717, 1.165) is 36.3 Å². The normalized spacial score (nSPS) is 29.7. The van der Waals surface area contributed by atoms with Crippen molar-refractivity contribution in [2.45, 2.75) is 61.8 Å². The van der Waals surface area contributed by atoms with Crippen molar-refractivity contribution in [3.8, 4) is 23.3 Å². The summed E-state index contributed by atoms with van der Waals surface area (Å²) >= 11 is 0. The van der Waals surface area contributed by atoms with Crippen molar-refractivity contribution in [1.29, 1.82) is 0 Å². The molecule has 2 aromatic rings. The van der Waals surface area contributed by atoms with Gasteiger partial charge < -0.3 is 19.1 Å². The van der Waals surface area contributed by atoms with E-state index in [9.17, 15) is 9.59 Å². The van der Waals surface area contributed by atoms with Gasteiger partial charge >= 0.3 is 5.97 Å². The van der Waals surface area contributed by atoms with Crippen molar-refractivity contribution in [2.24, 2.45) is 0 Å². The molecule has 1 amide bonds. The van der Waals surface area contributed by atoms with Gasteiger partial charge in [-0.05, 0) is 49.4 Å². The third-order valence-electron chi connectivity index (χ3n) is 9.30. The summed E-state index contributed by atoms with van der Waals surface area (Å²) in [5.41, 5.74) is 1.67. The second-order valence-electron chi connectivity index (χ2n) is 11.0. The maximum Gasteiger partial charge on any atom is 0.303 e. The van der Waals surface area contributed by atoms with Crippen LogP contribution in [0.15, 0.2) is 55.1 Å². The zero-order valence-electron chi connectivity index (χ0n) is 22.7. The van der Waals surface area contributed by atoms with Crippen LogP contribution in [0.3, 0.4) is 0 Å². The molecule has 2 heterocycles. The van der Waals surface area contributed by atoms with E-state index in [1.165, 1.54) is 12.5 Å². The Morgan fingerprint density at radius 3 is 2.74 bits per heavy atom. The van der Waals surface area contributed by atoms with Crippen molar-refractivity contribution >= 4 is 11.9 Å². The number of likely N-dealkylation sites (N-methyl/N-ethyl adjacent to an activating group) is 1. The molecular weight excluding hydrogens is 492 g/mol. The molecule has 2 aromatic carbocycles. The summed E-state index contributed by atoms with van der Waals surface area (Å²) in [6.07, 6.45) is 4.23. The summed E-state index contributed by atoms with van der Waals surface area (Å²) < 4.78 is 19.1. The van der Waals surface area contributed by atoms with Gasteiger partial charge in [-0.25, -0.2) is 0 Å². The number of benzene rings is 2. The number of ether oxygens (including phenoxy) is 3. The van der Waals surface area contributed by atoms with Gasteiger partial charge in [0.15, 0.2) is 11.5 Å². The molecule has 1 saturated heterocycles. The lowest BCUT2D eigenvalue weighted by Crippen LogP contribution is -2.79. The third kappa shape index (κ3) is 3.61. The first-order chi connectivity index (χ1) is 18.9. The third-order valence-corrected chi connectivity index (χ3v) is 9.30. The topological polar surface area (TPSA) is 68.3 Å². The van der Waals surface area contributed by atoms with Gasteiger partial charge in [-0.3, -0.25) is 14.5 Å². The molecule has 7 nitrogen and oxygen atoms in total. The molecular formula is C32H34N2O5. The zero-order chi connectivity index (χ0) is 27.4. The van der Waals surface area contributed by atoms with E-state index in [-0.39, 0.29) is 24.0 Å². The molecule has 2 fully saturated rings. The largest absolute Gasteiger partial charge is 0.493 e. The minimum Gasteiger partial charge on any atom is -0.493 e. The quantitative estimate of drug-likeness (QED) is 0.338. The maximum atomic E-state index is 13.4. The van der Waals surface area contributed by atoms with Gasteiger partial charge in [0.2, 0.25) is 0 Å². The van der Waals surface area contributed by atoms with Crippen LogP contribution in [0.4, 0.5) is 0 Å². The van der Waals surface area contributed by atoms with Crippen LogP contribution in [0, 0.1) is 11.8 Å². The van der Waals surface area contributed by atoms with E-state index >= 15 is 0 Å². The standard InChI is InChI=1S/C32H34N2O5/c1-5-18-34-19-17-31-28-23-12-13-25(37-4)29(28)38-30(31)24(15-16-32(31,26(34)20-23)39-21(2)35)33(3)27(36)14-11-22-9-7-6-8-10-22/h5-10,12-13,24,26,30H,1,15-20H2,2-4H3/t24-,26+,30-,31-,32+/m0/s1. The molecule has 0 radical (unpaired) electrons. The Morgan fingerprint density at radius 2 is 2.03 bits per heavy atom. The van der Waals surface area contributed by atoms with E-state index in [4.69, 9.17) is 14.2 Å². The van der Waals surface area contributed by atoms with E-state index in [2.05, 4.69) is 29.4 Å². The van der Waals surface area contributed by atoms with Gasteiger partial charge in [-0.15, -0.1) is 6.58 Å². The highest BCUT2D eigenvalue weighted by Gasteiger charge is 2.75. The lowest BCUT2D eigenvalue weighted by atomic mass is 9.48. The summed E-state index contributed by atoms with van der Waals surface area (Å²) in [7, 11) is 3.45. The van der Waals surface area contributed by atoms with E-state index < -0.39 is 17.1 Å². The molecule has 0 N–H and O–H groups in total. The van der Waals surface area contributed by atoms with Crippen LogP contribution in [0.2, 0.25) is 0 Å². The van der Waals surface area contributed by atoms with Gasteiger partial charge in [0, 0.05) is 44.1 Å². The number of methoxy groups -OCH3 is 1. The lowest BCUT2D eigenvalue weighted by Gasteiger charge is -2.65. The molecule has 6 rings (SSSR count). The molecule has 39 heavy (non-hydrogen) atoms. The number of hydrogen-bond acceptors (Lipinski definition) is 6. The Labute approximate surface area is 229 Å². The summed E-state index contributed by atoms with van der Waals surface area (Å²) in [6.45, 7) is 7.00. The summed E-state index contributed by atoms with van der Waals surface area (Å²) in [4.78, 5) is 30.3. The summed E-state index contributed by atoms with van der Waals surface area (Å²) in [5, 5.41) is 0. The van der Waals surface area contributed by atoms with Crippen molar-refractivity contribution < 1.29 is 23.8 Å². The van der Waals surface area contributed by atoms with Gasteiger partial charge in [-0.1, -0.05) is 36.3 Å². The zero-order valence-corrected chi connectivity index (χ0v) is 22.7. The second kappa shape index (κ2) is 9.46. The first-order valence-electron chi connectivity index (χ1n) is 13.6. The van der Waals surface area contributed by atoms with Crippen LogP contribution >= 0.6 is 0 Å². The molecule has 1 spiro atoms. The van der Waals surface area contributed by atoms with Gasteiger partial charge in [0.05, 0.1) is 24.6 Å². The number of rotatable bonds is 5. The highest BCUT2D eigenvalue weighted by molar-refractivity contribution is 5.94. The predicted octanol–water partition coefficient (Wildman–Crippen LogP) is 3.48. The number of esters is 1. The van der Waals surface area contributed by atoms with Gasteiger partial charge in [0.25, 0.3) is 5.91 Å². The number of piperidine rings is 1. The minimum absolute atomic E-state index is 0.0223. The molecule has 0 aromatic heterocycles. The number of nitrogens with zero attached hydrogens (tertiary/aromatic N) is 2. The molecule has 7 heteroatoms. The van der Waals surface area contributed by atoms with Crippen LogP contribution < -0.4 is 9.47 Å². The summed E-state index contributed by atoms with van der Waals surface area (Å²) in [6, 6.07) is 13.3. The number of likely N-dealkylation sites (tertiary alicyclic amines) is 1. The average molecular weight is 527 g/mol. The first kappa shape index (κ1) is 25.5. The molecule has 2 aliphatic heterocycles. The van der Waals surface area contributed by atoms with E-state index in [0.29, 0.717) is 25.1 Å². The van der Waals surface area contributed by atoms with Crippen LogP contribution in [-0.4, -0.2) is 72.7 Å². The van der Waals surface area contributed by atoms with Gasteiger partial charge in [-0.2, -0.15) is 0 Å². The van der Waals surface area contributed by atoms with Crippen LogP contribution in [0.5, 0.6) is 11.5 Å². The molecule has 4 aliphatic rings. The Kier molecular flexibility index (Phi) is 6.19. The van der Waals surface area contributed by atoms with E-state index in [1.807, 2.05) is 42.5 Å².